The van der Waals surface area contributed by atoms with Gasteiger partial charge in [0.1, 0.15) is 11.7 Å². The summed E-state index contributed by atoms with van der Waals surface area (Å²) in [6.45, 7) is 1.76. The van der Waals surface area contributed by atoms with Crippen molar-refractivity contribution in [2.45, 2.75) is 19.4 Å². The highest BCUT2D eigenvalue weighted by molar-refractivity contribution is 5.96. The van der Waals surface area contributed by atoms with Crippen molar-refractivity contribution in [3.63, 3.8) is 0 Å². The van der Waals surface area contributed by atoms with Gasteiger partial charge in [0.15, 0.2) is 0 Å². The maximum Gasteiger partial charge on any atom is 0.326 e. The highest BCUT2D eigenvalue weighted by atomic mass is 16.4. The Labute approximate surface area is 122 Å². The molecule has 2 rings (SSSR count). The maximum absolute atomic E-state index is 12.1. The zero-order valence-electron chi connectivity index (χ0n) is 11.6. The summed E-state index contributed by atoms with van der Waals surface area (Å²) < 4.78 is 0. The van der Waals surface area contributed by atoms with Gasteiger partial charge in [-0.15, -0.1) is 0 Å². The molecule has 2 N–H and O–H groups in total. The van der Waals surface area contributed by atoms with Crippen LogP contribution in [0.4, 0.5) is 0 Å². The molecule has 0 fully saturated rings. The van der Waals surface area contributed by atoms with Crippen LogP contribution in [0.2, 0.25) is 0 Å². The smallest absolute Gasteiger partial charge is 0.326 e. The molecule has 21 heavy (non-hydrogen) atoms. The molecule has 1 heterocycles. The van der Waals surface area contributed by atoms with E-state index in [2.05, 4.69) is 10.3 Å². The summed E-state index contributed by atoms with van der Waals surface area (Å²) in [6.07, 6.45) is 1.74. The topological polar surface area (TPSA) is 79.3 Å². The number of carbonyl (C=O) groups excluding carboxylic acids is 1. The fourth-order valence-corrected chi connectivity index (χ4v) is 2.00. The lowest BCUT2D eigenvalue weighted by Crippen LogP contribution is -2.42. The summed E-state index contributed by atoms with van der Waals surface area (Å²) in [6, 6.07) is 11.7. The third-order valence-corrected chi connectivity index (χ3v) is 3.11. The Bertz CT molecular complexity index is 641. The molecule has 108 valence electrons. The molecule has 0 saturated heterocycles. The zero-order valence-corrected chi connectivity index (χ0v) is 11.6. The number of aliphatic carboxylic acids is 1. The van der Waals surface area contributed by atoms with Crippen molar-refractivity contribution < 1.29 is 14.7 Å². The molecular formula is C16H16N2O3. The van der Waals surface area contributed by atoms with Gasteiger partial charge in [-0.1, -0.05) is 36.4 Å². The van der Waals surface area contributed by atoms with Crippen molar-refractivity contribution in [2.75, 3.05) is 0 Å². The Kier molecular flexibility index (Phi) is 4.66. The second kappa shape index (κ2) is 6.65. The molecule has 1 unspecified atom stereocenters. The summed E-state index contributed by atoms with van der Waals surface area (Å²) in [5.74, 6) is -1.54. The lowest BCUT2D eigenvalue weighted by atomic mass is 10.1. The first-order valence-electron chi connectivity index (χ1n) is 6.57. The van der Waals surface area contributed by atoms with Crippen LogP contribution in [0.1, 0.15) is 21.6 Å². The lowest BCUT2D eigenvalue weighted by Gasteiger charge is -2.15. The van der Waals surface area contributed by atoms with E-state index >= 15 is 0 Å². The van der Waals surface area contributed by atoms with Crippen LogP contribution < -0.4 is 5.32 Å². The number of benzene rings is 1. The zero-order chi connectivity index (χ0) is 15.2. The van der Waals surface area contributed by atoms with Gasteiger partial charge in [0, 0.05) is 12.6 Å². The molecule has 0 radical (unpaired) electrons. The fraction of sp³-hybridized carbons (Fsp3) is 0.188. The van der Waals surface area contributed by atoms with Crippen LogP contribution in [0, 0.1) is 6.92 Å². The van der Waals surface area contributed by atoms with Gasteiger partial charge < -0.3 is 10.4 Å². The predicted octanol–water partition coefficient (Wildman–Crippen LogP) is 1.82. The number of pyridine rings is 1. The molecule has 0 spiro atoms. The predicted molar refractivity (Wildman–Crippen MR) is 78.0 cm³/mol. The summed E-state index contributed by atoms with van der Waals surface area (Å²) >= 11 is 0. The molecule has 0 aliphatic carbocycles. The van der Waals surface area contributed by atoms with Gasteiger partial charge in [0.25, 0.3) is 5.91 Å². The summed E-state index contributed by atoms with van der Waals surface area (Å²) in [5, 5.41) is 11.8. The van der Waals surface area contributed by atoms with Gasteiger partial charge in [-0.25, -0.2) is 4.79 Å². The van der Waals surface area contributed by atoms with Crippen molar-refractivity contribution in [3.05, 3.63) is 65.5 Å². The van der Waals surface area contributed by atoms with E-state index in [4.69, 9.17) is 0 Å². The van der Waals surface area contributed by atoms with E-state index in [-0.39, 0.29) is 12.1 Å². The van der Waals surface area contributed by atoms with E-state index in [1.165, 1.54) is 6.20 Å². The Morgan fingerprint density at radius 3 is 2.52 bits per heavy atom. The fourth-order valence-electron chi connectivity index (χ4n) is 2.00. The lowest BCUT2D eigenvalue weighted by molar-refractivity contribution is -0.139. The van der Waals surface area contributed by atoms with Crippen LogP contribution >= 0.6 is 0 Å². The highest BCUT2D eigenvalue weighted by Gasteiger charge is 2.22. The molecule has 1 aromatic carbocycles. The maximum atomic E-state index is 12.1. The summed E-state index contributed by atoms with van der Waals surface area (Å²) in [5.41, 5.74) is 1.80. The molecule has 5 nitrogen and oxygen atoms in total. The molecule has 1 amide bonds. The third-order valence-electron chi connectivity index (χ3n) is 3.11. The summed E-state index contributed by atoms with van der Waals surface area (Å²) in [4.78, 5) is 27.4. The van der Waals surface area contributed by atoms with Gasteiger partial charge in [-0.05, 0) is 24.1 Å². The molecule has 0 saturated carbocycles. The number of rotatable bonds is 5. The van der Waals surface area contributed by atoms with Crippen molar-refractivity contribution in [2.24, 2.45) is 0 Å². The van der Waals surface area contributed by atoms with Gasteiger partial charge in [0.05, 0.1) is 0 Å². The quantitative estimate of drug-likeness (QED) is 0.877. The number of amides is 1. The minimum atomic E-state index is -1.07. The van der Waals surface area contributed by atoms with E-state index in [0.717, 1.165) is 5.56 Å². The van der Waals surface area contributed by atoms with Gasteiger partial charge in [-0.2, -0.15) is 0 Å². The number of carboxylic acids is 1. The first kappa shape index (κ1) is 14.7. The molecule has 1 aromatic heterocycles. The number of aryl methyl sites for hydroxylation is 1. The van der Waals surface area contributed by atoms with E-state index in [9.17, 15) is 14.7 Å². The minimum absolute atomic E-state index is 0.230. The Morgan fingerprint density at radius 1 is 1.19 bits per heavy atom. The Hall–Kier alpha value is -2.69. The Morgan fingerprint density at radius 2 is 1.90 bits per heavy atom. The van der Waals surface area contributed by atoms with Crippen LogP contribution in [-0.2, 0) is 11.2 Å². The van der Waals surface area contributed by atoms with Crippen molar-refractivity contribution in [1.29, 1.82) is 0 Å². The molecule has 0 aliphatic heterocycles. The largest absolute Gasteiger partial charge is 0.480 e. The number of aromatic nitrogens is 1. The SMILES string of the molecule is Cc1cccnc1C(=O)NC(Cc1ccccc1)C(=O)O. The minimum Gasteiger partial charge on any atom is -0.480 e. The van der Waals surface area contributed by atoms with Crippen molar-refractivity contribution in [1.82, 2.24) is 10.3 Å². The van der Waals surface area contributed by atoms with E-state index < -0.39 is 17.9 Å². The van der Waals surface area contributed by atoms with Crippen LogP contribution in [-0.4, -0.2) is 28.0 Å². The number of carbonyl (C=O) groups is 2. The number of nitrogens with one attached hydrogen (secondary N) is 1. The first-order chi connectivity index (χ1) is 10.1. The number of carboxylic acid groups (broad SMARTS) is 1. The number of nitrogens with zero attached hydrogens (tertiary/aromatic N) is 1. The third kappa shape index (κ3) is 3.89. The second-order valence-electron chi connectivity index (χ2n) is 4.72. The van der Waals surface area contributed by atoms with E-state index in [1.807, 2.05) is 30.3 Å². The molecule has 0 aliphatic rings. The van der Waals surface area contributed by atoms with Crippen molar-refractivity contribution >= 4 is 11.9 Å². The van der Waals surface area contributed by atoms with Crippen LogP contribution in [0.5, 0.6) is 0 Å². The second-order valence-corrected chi connectivity index (χ2v) is 4.72. The monoisotopic (exact) mass is 284 g/mol. The number of hydrogen-bond acceptors (Lipinski definition) is 3. The van der Waals surface area contributed by atoms with Crippen LogP contribution in [0.25, 0.3) is 0 Å². The van der Waals surface area contributed by atoms with Gasteiger partial charge >= 0.3 is 5.97 Å². The normalized spacial score (nSPS) is 11.7. The average molecular weight is 284 g/mol. The van der Waals surface area contributed by atoms with Crippen molar-refractivity contribution in [3.8, 4) is 0 Å². The van der Waals surface area contributed by atoms with Crippen LogP contribution in [0.15, 0.2) is 48.7 Å². The Balaban J connectivity index is 2.12. The number of hydrogen-bond donors (Lipinski definition) is 2. The summed E-state index contributed by atoms with van der Waals surface area (Å²) in [7, 11) is 0. The molecule has 2 aromatic rings. The average Bonchev–Trinajstić information content (AvgIpc) is 2.48. The first-order valence-corrected chi connectivity index (χ1v) is 6.57. The van der Waals surface area contributed by atoms with Gasteiger partial charge in [0.2, 0.25) is 0 Å². The molecule has 0 bridgehead atoms. The molecule has 5 heteroatoms. The molecule has 1 atom stereocenters. The van der Waals surface area contributed by atoms with E-state index in [1.54, 1.807) is 19.1 Å². The van der Waals surface area contributed by atoms with Gasteiger partial charge in [-0.3, -0.25) is 9.78 Å². The van der Waals surface area contributed by atoms with Crippen LogP contribution in [0.3, 0.4) is 0 Å². The highest BCUT2D eigenvalue weighted by Crippen LogP contribution is 2.07. The molecular weight excluding hydrogens is 268 g/mol. The standard InChI is InChI=1S/C16H16N2O3/c1-11-6-5-9-17-14(11)15(19)18-13(16(20)21)10-12-7-3-2-4-8-12/h2-9,13H,10H2,1H3,(H,18,19)(H,20,21). The van der Waals surface area contributed by atoms with E-state index in [0.29, 0.717) is 5.56 Å².